The monoisotopic (exact) mass is 127 g/mol. The van der Waals surface area contributed by atoms with E-state index in [1.807, 2.05) is 6.92 Å². The minimum absolute atomic E-state index is 0.222. The predicted octanol–water partition coefficient (Wildman–Crippen LogP) is 0.393. The van der Waals surface area contributed by atoms with Gasteiger partial charge in [0.2, 0.25) is 0 Å². The number of esters is 1. The van der Waals surface area contributed by atoms with Gasteiger partial charge in [-0.2, -0.15) is 0 Å². The van der Waals surface area contributed by atoms with Crippen LogP contribution in [0.3, 0.4) is 0 Å². The van der Waals surface area contributed by atoms with Gasteiger partial charge in [-0.3, -0.25) is 4.99 Å². The van der Waals surface area contributed by atoms with E-state index in [4.69, 9.17) is 4.74 Å². The van der Waals surface area contributed by atoms with Crippen LogP contribution in [0.15, 0.2) is 4.99 Å². The summed E-state index contributed by atoms with van der Waals surface area (Å²) in [6.07, 6.45) is 0. The van der Waals surface area contributed by atoms with Gasteiger partial charge in [-0.1, -0.05) is 0 Å². The lowest BCUT2D eigenvalue weighted by molar-refractivity contribution is -0.143. The van der Waals surface area contributed by atoms with Crippen molar-refractivity contribution in [2.24, 2.45) is 4.99 Å². The van der Waals surface area contributed by atoms with E-state index in [1.165, 1.54) is 0 Å². The van der Waals surface area contributed by atoms with Gasteiger partial charge in [-0.25, -0.2) is 4.79 Å². The van der Waals surface area contributed by atoms with E-state index in [0.717, 1.165) is 5.71 Å². The van der Waals surface area contributed by atoms with E-state index in [1.54, 1.807) is 6.92 Å². The maximum absolute atomic E-state index is 10.6. The van der Waals surface area contributed by atoms with Gasteiger partial charge in [0.15, 0.2) is 0 Å². The Bertz CT molecular complexity index is 162. The van der Waals surface area contributed by atoms with Gasteiger partial charge in [0.1, 0.15) is 12.6 Å². The molecule has 1 heterocycles. The Morgan fingerprint density at radius 3 is 2.89 bits per heavy atom. The van der Waals surface area contributed by atoms with Crippen LogP contribution in [0.5, 0.6) is 0 Å². The fourth-order valence-electron chi connectivity index (χ4n) is 0.717. The van der Waals surface area contributed by atoms with Crippen LogP contribution in [0.25, 0.3) is 0 Å². The molecule has 3 heteroatoms. The maximum atomic E-state index is 10.6. The summed E-state index contributed by atoms with van der Waals surface area (Å²) in [4.78, 5) is 14.6. The van der Waals surface area contributed by atoms with E-state index in [0.29, 0.717) is 6.61 Å². The molecule has 0 saturated carbocycles. The SMILES string of the molecule is CC1=N[C@@H](C)C(=O)OC1. The predicted molar refractivity (Wildman–Crippen MR) is 33.5 cm³/mol. The number of ether oxygens (including phenoxy) is 1. The smallest absolute Gasteiger partial charge is 0.330 e. The van der Waals surface area contributed by atoms with Gasteiger partial charge in [0.25, 0.3) is 0 Å². The number of rotatable bonds is 0. The highest BCUT2D eigenvalue weighted by molar-refractivity contribution is 5.91. The Labute approximate surface area is 53.7 Å². The van der Waals surface area contributed by atoms with Crippen LogP contribution >= 0.6 is 0 Å². The summed E-state index contributed by atoms with van der Waals surface area (Å²) in [6, 6.07) is -0.293. The molecule has 0 aromatic carbocycles. The first-order chi connectivity index (χ1) is 4.20. The van der Waals surface area contributed by atoms with E-state index in [2.05, 4.69) is 4.99 Å². The van der Waals surface area contributed by atoms with Crippen LogP contribution in [0.2, 0.25) is 0 Å². The minimum atomic E-state index is -0.293. The minimum Gasteiger partial charge on any atom is -0.458 e. The molecule has 0 aromatic rings. The van der Waals surface area contributed by atoms with Gasteiger partial charge in [-0.05, 0) is 13.8 Å². The lowest BCUT2D eigenvalue weighted by Crippen LogP contribution is -2.27. The number of cyclic esters (lactones) is 1. The molecule has 0 saturated heterocycles. The van der Waals surface area contributed by atoms with Gasteiger partial charge in [0, 0.05) is 5.71 Å². The zero-order valence-corrected chi connectivity index (χ0v) is 5.55. The van der Waals surface area contributed by atoms with Crippen LogP contribution in [-0.4, -0.2) is 24.3 Å². The van der Waals surface area contributed by atoms with Crippen molar-refractivity contribution in [3.63, 3.8) is 0 Å². The van der Waals surface area contributed by atoms with Crippen LogP contribution in [0, 0.1) is 0 Å². The fraction of sp³-hybridized carbons (Fsp3) is 0.667. The fourth-order valence-corrected chi connectivity index (χ4v) is 0.717. The molecule has 0 N–H and O–H groups in total. The van der Waals surface area contributed by atoms with Crippen molar-refractivity contribution >= 4 is 11.7 Å². The van der Waals surface area contributed by atoms with Crippen LogP contribution in [0.4, 0.5) is 0 Å². The number of hydrogen-bond donors (Lipinski definition) is 0. The summed E-state index contributed by atoms with van der Waals surface area (Å²) in [5.41, 5.74) is 0.891. The summed E-state index contributed by atoms with van der Waals surface area (Å²) in [7, 11) is 0. The lowest BCUT2D eigenvalue weighted by Gasteiger charge is -2.13. The summed E-state index contributed by atoms with van der Waals surface area (Å²) in [5.74, 6) is -0.222. The second-order valence-corrected chi connectivity index (χ2v) is 2.15. The lowest BCUT2D eigenvalue weighted by atomic mass is 10.3. The van der Waals surface area contributed by atoms with Gasteiger partial charge >= 0.3 is 5.97 Å². The van der Waals surface area contributed by atoms with Crippen molar-refractivity contribution < 1.29 is 9.53 Å². The van der Waals surface area contributed by atoms with Crippen LogP contribution in [-0.2, 0) is 9.53 Å². The maximum Gasteiger partial charge on any atom is 0.330 e. The van der Waals surface area contributed by atoms with Gasteiger partial charge in [0.05, 0.1) is 0 Å². The summed E-state index contributed by atoms with van der Waals surface area (Å²) in [6.45, 7) is 3.94. The number of carbonyl (C=O) groups is 1. The summed E-state index contributed by atoms with van der Waals surface area (Å²) in [5, 5.41) is 0. The molecule has 1 atom stereocenters. The Morgan fingerprint density at radius 1 is 1.78 bits per heavy atom. The van der Waals surface area contributed by atoms with Crippen molar-refractivity contribution in [3.8, 4) is 0 Å². The first-order valence-electron chi connectivity index (χ1n) is 2.90. The van der Waals surface area contributed by atoms with Crippen molar-refractivity contribution in [1.82, 2.24) is 0 Å². The van der Waals surface area contributed by atoms with Crippen molar-refractivity contribution in [1.29, 1.82) is 0 Å². The number of nitrogens with zero attached hydrogens (tertiary/aromatic N) is 1. The molecule has 0 bridgehead atoms. The highest BCUT2D eigenvalue weighted by atomic mass is 16.5. The zero-order chi connectivity index (χ0) is 6.85. The van der Waals surface area contributed by atoms with Gasteiger partial charge in [-0.15, -0.1) is 0 Å². The molecule has 0 spiro atoms. The molecular weight excluding hydrogens is 118 g/mol. The highest BCUT2D eigenvalue weighted by Crippen LogP contribution is 2.01. The molecule has 0 fully saturated rings. The van der Waals surface area contributed by atoms with Crippen molar-refractivity contribution in [3.05, 3.63) is 0 Å². The molecule has 0 unspecified atom stereocenters. The first-order valence-corrected chi connectivity index (χ1v) is 2.90. The van der Waals surface area contributed by atoms with Gasteiger partial charge < -0.3 is 4.74 Å². The molecule has 9 heavy (non-hydrogen) atoms. The van der Waals surface area contributed by atoms with E-state index >= 15 is 0 Å². The molecule has 0 radical (unpaired) electrons. The van der Waals surface area contributed by atoms with Crippen molar-refractivity contribution in [2.75, 3.05) is 6.61 Å². The third kappa shape index (κ3) is 1.28. The third-order valence-electron chi connectivity index (χ3n) is 1.18. The normalized spacial score (nSPS) is 27.1. The molecule has 1 rings (SSSR count). The second kappa shape index (κ2) is 2.17. The molecule has 1 aliphatic heterocycles. The van der Waals surface area contributed by atoms with E-state index < -0.39 is 0 Å². The quantitative estimate of drug-likeness (QED) is 0.441. The van der Waals surface area contributed by atoms with E-state index in [-0.39, 0.29) is 12.0 Å². The third-order valence-corrected chi connectivity index (χ3v) is 1.18. The highest BCUT2D eigenvalue weighted by Gasteiger charge is 2.17. The summed E-state index contributed by atoms with van der Waals surface area (Å²) < 4.78 is 4.73. The second-order valence-electron chi connectivity index (χ2n) is 2.15. The first kappa shape index (κ1) is 6.26. The van der Waals surface area contributed by atoms with Crippen LogP contribution < -0.4 is 0 Å². The average molecular weight is 127 g/mol. The topological polar surface area (TPSA) is 38.7 Å². The molecule has 50 valence electrons. The van der Waals surface area contributed by atoms with Crippen LogP contribution in [0.1, 0.15) is 13.8 Å². The van der Waals surface area contributed by atoms with Crippen molar-refractivity contribution in [2.45, 2.75) is 19.9 Å². The Kier molecular flexibility index (Phi) is 1.51. The zero-order valence-electron chi connectivity index (χ0n) is 5.55. The Morgan fingerprint density at radius 2 is 2.44 bits per heavy atom. The van der Waals surface area contributed by atoms with E-state index in [9.17, 15) is 4.79 Å². The largest absolute Gasteiger partial charge is 0.458 e. The Hall–Kier alpha value is -0.860. The number of aliphatic imine (C=N–C) groups is 1. The standard InChI is InChI=1S/C6H9NO2/c1-4-3-9-6(8)5(2)7-4/h5H,3H2,1-2H3/t5-/m0/s1. The Balaban J connectivity index is 2.69. The number of carbonyl (C=O) groups excluding carboxylic acids is 1. The molecule has 1 aliphatic rings. The molecule has 0 aliphatic carbocycles. The molecule has 0 amide bonds. The average Bonchev–Trinajstić information content (AvgIpc) is 1.80. The molecular formula is C6H9NO2. The molecule has 3 nitrogen and oxygen atoms in total. The molecule has 0 aromatic heterocycles. The summed E-state index contributed by atoms with van der Waals surface area (Å²) >= 11 is 0. The number of hydrogen-bond acceptors (Lipinski definition) is 3.